The highest BCUT2D eigenvalue weighted by Crippen LogP contribution is 2.25. The van der Waals surface area contributed by atoms with Crippen LogP contribution in [0, 0.1) is 24.7 Å². The lowest BCUT2D eigenvalue weighted by Crippen LogP contribution is -2.36. The summed E-state index contributed by atoms with van der Waals surface area (Å²) in [4.78, 5) is 11.9. The van der Waals surface area contributed by atoms with Crippen molar-refractivity contribution in [3.63, 3.8) is 0 Å². The Kier molecular flexibility index (Phi) is 7.03. The van der Waals surface area contributed by atoms with Crippen LogP contribution in [0.4, 0.5) is 0 Å². The smallest absolute Gasteiger partial charge is 0.257 e. The largest absolute Gasteiger partial charge is 0.482 e. The Bertz CT molecular complexity index is 464. The van der Waals surface area contributed by atoms with Crippen LogP contribution in [0.1, 0.15) is 33.3 Å². The lowest BCUT2D eigenvalue weighted by molar-refractivity contribution is -0.123. The van der Waals surface area contributed by atoms with E-state index in [1.165, 1.54) is 0 Å². The van der Waals surface area contributed by atoms with Crippen LogP contribution in [0.3, 0.4) is 0 Å². The highest BCUT2D eigenvalue weighted by molar-refractivity contribution is 6.32. The van der Waals surface area contributed by atoms with Crippen LogP contribution in [-0.2, 0) is 4.79 Å². The van der Waals surface area contributed by atoms with Crippen molar-refractivity contribution in [2.75, 3.05) is 13.2 Å². The molecule has 21 heavy (non-hydrogen) atoms. The van der Waals surface area contributed by atoms with Crippen molar-refractivity contribution in [3.8, 4) is 5.75 Å². The number of carbonyl (C=O) groups excluding carboxylic acids is 1. The van der Waals surface area contributed by atoms with Crippen molar-refractivity contribution >= 4 is 17.5 Å². The van der Waals surface area contributed by atoms with E-state index in [0.717, 1.165) is 5.56 Å². The van der Waals surface area contributed by atoms with Crippen LogP contribution >= 0.6 is 11.6 Å². The number of hydrogen-bond acceptors (Lipinski definition) is 2. The molecule has 118 valence electrons. The molecule has 0 saturated carbocycles. The summed E-state index contributed by atoms with van der Waals surface area (Å²) in [5.41, 5.74) is 1.05. The maximum absolute atomic E-state index is 11.9. The molecule has 0 aliphatic heterocycles. The van der Waals surface area contributed by atoms with Crippen molar-refractivity contribution < 1.29 is 9.53 Å². The average molecular weight is 312 g/mol. The van der Waals surface area contributed by atoms with Gasteiger partial charge in [0.25, 0.3) is 5.91 Å². The Hall–Kier alpha value is -1.22. The van der Waals surface area contributed by atoms with Crippen LogP contribution in [0.2, 0.25) is 5.02 Å². The first-order valence-electron chi connectivity index (χ1n) is 7.47. The predicted molar refractivity (Wildman–Crippen MR) is 87.9 cm³/mol. The summed E-state index contributed by atoms with van der Waals surface area (Å²) in [6, 6.07) is 5.52. The summed E-state index contributed by atoms with van der Waals surface area (Å²) in [7, 11) is 0. The second kappa shape index (κ2) is 8.28. The van der Waals surface area contributed by atoms with Gasteiger partial charge in [0.05, 0.1) is 5.02 Å². The Morgan fingerprint density at radius 1 is 1.24 bits per heavy atom. The number of halogens is 1. The number of amides is 1. The second-order valence-corrected chi connectivity index (χ2v) is 6.59. The number of benzene rings is 1. The molecule has 1 aromatic rings. The molecule has 0 aromatic heterocycles. The lowest BCUT2D eigenvalue weighted by Gasteiger charge is -2.25. The molecule has 1 N–H and O–H groups in total. The van der Waals surface area contributed by atoms with Gasteiger partial charge in [-0.2, -0.15) is 0 Å². The van der Waals surface area contributed by atoms with E-state index in [4.69, 9.17) is 16.3 Å². The first-order chi connectivity index (χ1) is 9.81. The molecular formula is C17H26ClNO2. The second-order valence-electron chi connectivity index (χ2n) is 6.18. The van der Waals surface area contributed by atoms with Crippen LogP contribution in [-0.4, -0.2) is 19.1 Å². The molecule has 3 nitrogen and oxygen atoms in total. The number of ether oxygens (including phenoxy) is 1. The summed E-state index contributed by atoms with van der Waals surface area (Å²) in [6.45, 7) is 11.4. The fourth-order valence-corrected chi connectivity index (χ4v) is 2.56. The van der Waals surface area contributed by atoms with Gasteiger partial charge in [-0.05, 0) is 42.4 Å². The molecule has 1 rings (SSSR count). The van der Waals surface area contributed by atoms with E-state index in [2.05, 4.69) is 33.0 Å². The van der Waals surface area contributed by atoms with E-state index in [0.29, 0.717) is 35.1 Å². The zero-order chi connectivity index (χ0) is 16.0. The monoisotopic (exact) mass is 311 g/mol. The third-order valence-corrected chi connectivity index (χ3v) is 4.01. The first-order valence-corrected chi connectivity index (χ1v) is 7.84. The Morgan fingerprint density at radius 3 is 2.43 bits per heavy atom. The minimum absolute atomic E-state index is 0.00785. The molecule has 0 fully saturated rings. The maximum atomic E-state index is 11.9. The average Bonchev–Trinajstić information content (AvgIpc) is 2.39. The number of rotatable bonds is 7. The SMILES string of the molecule is Cc1ccc(Cl)c(OCC(=O)NCC(C(C)C)C(C)C)c1. The molecule has 1 aromatic carbocycles. The number of carbonyl (C=O) groups is 1. The molecule has 0 heterocycles. The summed E-state index contributed by atoms with van der Waals surface area (Å²) in [6.07, 6.45) is 0. The topological polar surface area (TPSA) is 38.3 Å². The van der Waals surface area contributed by atoms with Gasteiger partial charge in [-0.25, -0.2) is 0 Å². The number of hydrogen-bond donors (Lipinski definition) is 1. The van der Waals surface area contributed by atoms with Crippen molar-refractivity contribution in [1.82, 2.24) is 5.32 Å². The van der Waals surface area contributed by atoms with E-state index in [9.17, 15) is 4.79 Å². The maximum Gasteiger partial charge on any atom is 0.257 e. The van der Waals surface area contributed by atoms with Crippen LogP contribution < -0.4 is 10.1 Å². The third-order valence-electron chi connectivity index (χ3n) is 3.69. The zero-order valence-corrected chi connectivity index (χ0v) is 14.3. The van der Waals surface area contributed by atoms with Crippen molar-refractivity contribution in [1.29, 1.82) is 0 Å². The van der Waals surface area contributed by atoms with Gasteiger partial charge in [-0.1, -0.05) is 45.4 Å². The molecule has 0 aliphatic carbocycles. The molecule has 0 atom stereocenters. The van der Waals surface area contributed by atoms with Gasteiger partial charge in [0.15, 0.2) is 6.61 Å². The van der Waals surface area contributed by atoms with Crippen LogP contribution in [0.15, 0.2) is 18.2 Å². The van der Waals surface area contributed by atoms with Gasteiger partial charge >= 0.3 is 0 Å². The third kappa shape index (κ3) is 5.96. The molecule has 0 unspecified atom stereocenters. The molecule has 0 spiro atoms. The quantitative estimate of drug-likeness (QED) is 0.824. The predicted octanol–water partition coefficient (Wildman–Crippen LogP) is 4.07. The van der Waals surface area contributed by atoms with E-state index in [1.807, 2.05) is 19.1 Å². The Balaban J connectivity index is 2.45. The number of aryl methyl sites for hydroxylation is 1. The van der Waals surface area contributed by atoms with Gasteiger partial charge in [0.2, 0.25) is 0 Å². The normalized spacial score (nSPS) is 11.3. The van der Waals surface area contributed by atoms with Gasteiger partial charge in [-0.15, -0.1) is 0 Å². The minimum Gasteiger partial charge on any atom is -0.482 e. The van der Waals surface area contributed by atoms with Crippen molar-refractivity contribution in [3.05, 3.63) is 28.8 Å². The van der Waals surface area contributed by atoms with Crippen LogP contribution in [0.25, 0.3) is 0 Å². The zero-order valence-electron chi connectivity index (χ0n) is 13.6. The first kappa shape index (κ1) is 17.8. The molecule has 0 aliphatic rings. The molecule has 0 radical (unpaired) electrons. The van der Waals surface area contributed by atoms with Crippen molar-refractivity contribution in [2.45, 2.75) is 34.6 Å². The summed E-state index contributed by atoms with van der Waals surface area (Å²) in [5.74, 6) is 1.99. The summed E-state index contributed by atoms with van der Waals surface area (Å²) in [5, 5.41) is 3.47. The molecule has 0 bridgehead atoms. The van der Waals surface area contributed by atoms with E-state index < -0.39 is 0 Å². The van der Waals surface area contributed by atoms with Gasteiger partial charge in [0.1, 0.15) is 5.75 Å². The Labute approximate surface area is 133 Å². The number of nitrogens with one attached hydrogen (secondary N) is 1. The minimum atomic E-state index is -0.112. The standard InChI is InChI=1S/C17H26ClNO2/c1-11(2)14(12(3)4)9-19-17(20)10-21-16-8-13(5)6-7-15(16)18/h6-8,11-12,14H,9-10H2,1-5H3,(H,19,20). The van der Waals surface area contributed by atoms with E-state index >= 15 is 0 Å². The van der Waals surface area contributed by atoms with Crippen molar-refractivity contribution in [2.24, 2.45) is 17.8 Å². The molecule has 1 amide bonds. The fourth-order valence-electron chi connectivity index (χ4n) is 2.39. The lowest BCUT2D eigenvalue weighted by atomic mass is 9.85. The summed E-state index contributed by atoms with van der Waals surface area (Å²) < 4.78 is 5.49. The van der Waals surface area contributed by atoms with Gasteiger partial charge in [-0.3, -0.25) is 4.79 Å². The fraction of sp³-hybridized carbons (Fsp3) is 0.588. The van der Waals surface area contributed by atoms with E-state index in [-0.39, 0.29) is 12.5 Å². The Morgan fingerprint density at radius 2 is 1.86 bits per heavy atom. The van der Waals surface area contributed by atoms with E-state index in [1.54, 1.807) is 6.07 Å². The highest BCUT2D eigenvalue weighted by atomic mass is 35.5. The van der Waals surface area contributed by atoms with Gasteiger partial charge < -0.3 is 10.1 Å². The molecule has 4 heteroatoms. The molecule has 0 saturated heterocycles. The highest BCUT2D eigenvalue weighted by Gasteiger charge is 2.18. The molecular weight excluding hydrogens is 286 g/mol. The van der Waals surface area contributed by atoms with Crippen LogP contribution in [0.5, 0.6) is 5.75 Å². The van der Waals surface area contributed by atoms with Gasteiger partial charge in [0, 0.05) is 6.54 Å². The summed E-state index contributed by atoms with van der Waals surface area (Å²) >= 11 is 6.03.